The number of fused-ring (bicyclic) bond motifs is 1. The van der Waals surface area contributed by atoms with E-state index in [-0.39, 0.29) is 10.5 Å². The lowest BCUT2D eigenvalue weighted by Gasteiger charge is -2.43. The van der Waals surface area contributed by atoms with Gasteiger partial charge < -0.3 is 4.43 Å². The van der Waals surface area contributed by atoms with Crippen LogP contribution >= 0.6 is 0 Å². The lowest BCUT2D eigenvalue weighted by Crippen LogP contribution is -2.46. The molecule has 0 amide bonds. The Balaban J connectivity index is 2.29. The highest BCUT2D eigenvalue weighted by Crippen LogP contribution is 2.59. The second kappa shape index (κ2) is 5.11. The van der Waals surface area contributed by atoms with Crippen LogP contribution in [0.25, 0.3) is 0 Å². The van der Waals surface area contributed by atoms with Gasteiger partial charge in [0.1, 0.15) is 5.78 Å². The van der Waals surface area contributed by atoms with Crippen LogP contribution < -0.4 is 0 Å². The molecule has 0 saturated heterocycles. The molecule has 0 N–H and O–H groups in total. The maximum Gasteiger partial charge on any atom is 0.249 e. The van der Waals surface area contributed by atoms with Crippen LogP contribution in [0.4, 0.5) is 0 Å². The number of ketones is 1. The lowest BCUT2D eigenvalue weighted by molar-refractivity contribution is -0.136. The quantitative estimate of drug-likeness (QED) is 0.405. The predicted molar refractivity (Wildman–Crippen MR) is 90.6 cm³/mol. The summed E-state index contributed by atoms with van der Waals surface area (Å²) in [5.41, 5.74) is 2.13. The van der Waals surface area contributed by atoms with Gasteiger partial charge >= 0.3 is 0 Å². The first-order valence-corrected chi connectivity index (χ1v) is 11.0. The molecule has 2 aliphatic carbocycles. The molecule has 118 valence electrons. The van der Waals surface area contributed by atoms with E-state index in [4.69, 9.17) is 4.43 Å². The third kappa shape index (κ3) is 2.65. The van der Waals surface area contributed by atoms with E-state index < -0.39 is 8.32 Å². The number of carbonyl (C=O) groups excluding carboxylic acids is 1. The molecule has 2 nitrogen and oxygen atoms in total. The van der Waals surface area contributed by atoms with Gasteiger partial charge in [0, 0.05) is 6.42 Å². The SMILES string of the molecule is CC(C)=C[C@@]12C(=O)C[C@@H]1CC/C2=C\O[Si](C)(C)C(C)(C)C. The van der Waals surface area contributed by atoms with Crippen molar-refractivity contribution in [3.8, 4) is 0 Å². The normalized spacial score (nSPS) is 30.9. The topological polar surface area (TPSA) is 26.3 Å². The van der Waals surface area contributed by atoms with Crippen LogP contribution in [-0.4, -0.2) is 14.1 Å². The van der Waals surface area contributed by atoms with Crippen LogP contribution in [-0.2, 0) is 9.22 Å². The molecule has 0 aliphatic heterocycles. The Bertz CT molecular complexity index is 504. The average Bonchev–Trinajstić information content (AvgIpc) is 2.59. The first-order valence-electron chi connectivity index (χ1n) is 8.07. The molecule has 2 aliphatic rings. The summed E-state index contributed by atoms with van der Waals surface area (Å²) in [6, 6.07) is 0. The van der Waals surface area contributed by atoms with Gasteiger partial charge in [-0.2, -0.15) is 0 Å². The van der Waals surface area contributed by atoms with Gasteiger partial charge in [0.15, 0.2) is 0 Å². The molecule has 0 bridgehead atoms. The van der Waals surface area contributed by atoms with Crippen molar-refractivity contribution in [2.45, 2.75) is 72.0 Å². The molecule has 0 aromatic carbocycles. The van der Waals surface area contributed by atoms with E-state index in [2.05, 4.69) is 53.8 Å². The third-order valence-electron chi connectivity index (χ3n) is 5.65. The van der Waals surface area contributed by atoms with Crippen molar-refractivity contribution < 1.29 is 9.22 Å². The summed E-state index contributed by atoms with van der Waals surface area (Å²) in [7, 11) is -1.80. The Labute approximate surface area is 130 Å². The van der Waals surface area contributed by atoms with Crippen molar-refractivity contribution in [1.82, 2.24) is 0 Å². The minimum absolute atomic E-state index is 0.190. The molecule has 0 aromatic rings. The Hall–Kier alpha value is -0.833. The number of allylic oxidation sites excluding steroid dienone is 3. The van der Waals surface area contributed by atoms with Gasteiger partial charge in [-0.05, 0) is 56.3 Å². The minimum Gasteiger partial charge on any atom is -0.549 e. The van der Waals surface area contributed by atoms with Crippen LogP contribution in [0.3, 0.4) is 0 Å². The van der Waals surface area contributed by atoms with Gasteiger partial charge in [-0.1, -0.05) is 32.4 Å². The molecule has 3 heteroatoms. The predicted octanol–water partition coefficient (Wildman–Crippen LogP) is 5.23. The fraction of sp³-hybridized carbons (Fsp3) is 0.722. The molecule has 0 unspecified atom stereocenters. The minimum atomic E-state index is -1.80. The third-order valence-corrected chi connectivity index (χ3v) is 9.97. The van der Waals surface area contributed by atoms with E-state index in [1.807, 2.05) is 6.26 Å². The summed E-state index contributed by atoms with van der Waals surface area (Å²) in [5, 5.41) is 0.190. The second-order valence-corrected chi connectivity index (χ2v) is 13.2. The fourth-order valence-corrected chi connectivity index (χ4v) is 4.05. The molecule has 0 aromatic heterocycles. The highest BCUT2D eigenvalue weighted by molar-refractivity contribution is 6.74. The number of Topliss-reactive ketones (excluding diaryl/α,β-unsaturated/α-hetero) is 1. The number of carbonyl (C=O) groups is 1. The van der Waals surface area contributed by atoms with Gasteiger partial charge in [-0.3, -0.25) is 4.79 Å². The van der Waals surface area contributed by atoms with Crippen molar-refractivity contribution in [1.29, 1.82) is 0 Å². The van der Waals surface area contributed by atoms with Crippen LogP contribution in [0.1, 0.15) is 53.9 Å². The van der Waals surface area contributed by atoms with Crippen LogP contribution in [0, 0.1) is 11.3 Å². The van der Waals surface area contributed by atoms with Gasteiger partial charge in [-0.25, -0.2) is 0 Å². The molecule has 21 heavy (non-hydrogen) atoms. The van der Waals surface area contributed by atoms with E-state index in [1.165, 1.54) is 11.1 Å². The summed E-state index contributed by atoms with van der Waals surface area (Å²) >= 11 is 0. The lowest BCUT2D eigenvalue weighted by atomic mass is 9.59. The van der Waals surface area contributed by atoms with Crippen molar-refractivity contribution in [3.05, 3.63) is 23.5 Å². The highest BCUT2D eigenvalue weighted by Gasteiger charge is 2.58. The van der Waals surface area contributed by atoms with Crippen molar-refractivity contribution >= 4 is 14.1 Å². The Kier molecular flexibility index (Phi) is 4.03. The summed E-state index contributed by atoms with van der Waals surface area (Å²) in [5.74, 6) is 0.894. The Morgan fingerprint density at radius 1 is 1.33 bits per heavy atom. The smallest absolute Gasteiger partial charge is 0.249 e. The summed E-state index contributed by atoms with van der Waals surface area (Å²) in [6.45, 7) is 15.4. The van der Waals surface area contributed by atoms with Crippen LogP contribution in [0.5, 0.6) is 0 Å². The standard InChI is InChI=1S/C18H30O2Si/c1-13(2)11-18-14(10-16(18)19)8-9-15(18)12-20-21(6,7)17(3,4)5/h11-12,14H,8-10H2,1-7H3/b15-12+/t14-,18+/m0/s1. The summed E-state index contributed by atoms with van der Waals surface area (Å²) in [4.78, 5) is 12.4. The molecular formula is C18H30O2Si. The molecule has 0 heterocycles. The zero-order valence-electron chi connectivity index (χ0n) is 14.7. The molecule has 0 spiro atoms. The van der Waals surface area contributed by atoms with E-state index in [0.717, 1.165) is 19.3 Å². The van der Waals surface area contributed by atoms with Gasteiger partial charge in [0.25, 0.3) is 0 Å². The van der Waals surface area contributed by atoms with Crippen molar-refractivity contribution in [2.24, 2.45) is 11.3 Å². The van der Waals surface area contributed by atoms with E-state index in [1.54, 1.807) is 0 Å². The maximum absolute atomic E-state index is 12.4. The molecule has 2 atom stereocenters. The van der Waals surface area contributed by atoms with Gasteiger partial charge in [0.05, 0.1) is 11.7 Å². The molecule has 2 rings (SSSR count). The largest absolute Gasteiger partial charge is 0.549 e. The van der Waals surface area contributed by atoms with E-state index in [9.17, 15) is 4.79 Å². The molecular weight excluding hydrogens is 276 g/mol. The Morgan fingerprint density at radius 2 is 1.95 bits per heavy atom. The van der Waals surface area contributed by atoms with Crippen molar-refractivity contribution in [2.75, 3.05) is 0 Å². The van der Waals surface area contributed by atoms with Gasteiger partial charge in [0.2, 0.25) is 8.32 Å². The first-order chi connectivity index (χ1) is 9.50. The maximum atomic E-state index is 12.4. The number of hydrogen-bond acceptors (Lipinski definition) is 2. The van der Waals surface area contributed by atoms with Crippen molar-refractivity contribution in [3.63, 3.8) is 0 Å². The highest BCUT2D eigenvalue weighted by atomic mass is 28.4. The summed E-state index contributed by atoms with van der Waals surface area (Å²) in [6.07, 6.45) is 7.05. The molecule has 2 saturated carbocycles. The zero-order valence-corrected chi connectivity index (χ0v) is 15.7. The van der Waals surface area contributed by atoms with E-state index >= 15 is 0 Å². The zero-order chi connectivity index (χ0) is 16.1. The fourth-order valence-electron chi connectivity index (χ4n) is 3.26. The van der Waals surface area contributed by atoms with E-state index in [0.29, 0.717) is 11.7 Å². The number of hydrogen-bond donors (Lipinski definition) is 0. The Morgan fingerprint density at radius 3 is 2.43 bits per heavy atom. The first kappa shape index (κ1) is 16.5. The number of rotatable bonds is 3. The average molecular weight is 307 g/mol. The molecule has 0 radical (unpaired) electrons. The molecule has 2 fully saturated rings. The van der Waals surface area contributed by atoms with Crippen LogP contribution in [0.15, 0.2) is 23.5 Å². The van der Waals surface area contributed by atoms with Gasteiger partial charge in [-0.15, -0.1) is 0 Å². The second-order valence-electron chi connectivity index (χ2n) is 8.47. The monoisotopic (exact) mass is 306 g/mol. The summed E-state index contributed by atoms with van der Waals surface area (Å²) < 4.78 is 6.28. The van der Waals surface area contributed by atoms with Crippen LogP contribution in [0.2, 0.25) is 18.1 Å².